The summed E-state index contributed by atoms with van der Waals surface area (Å²) in [5.41, 5.74) is -0.323. The number of hydrogen-bond donors (Lipinski definition) is 2. The lowest BCUT2D eigenvalue weighted by Gasteiger charge is -2.07. The van der Waals surface area contributed by atoms with Crippen LogP contribution in [0.15, 0.2) is 18.2 Å². The number of halogens is 2. The van der Waals surface area contributed by atoms with E-state index < -0.39 is 24.3 Å². The van der Waals surface area contributed by atoms with Gasteiger partial charge in [0, 0.05) is 11.6 Å². The number of benzene rings is 1. The van der Waals surface area contributed by atoms with Crippen molar-refractivity contribution < 1.29 is 23.5 Å². The Morgan fingerprint density at radius 3 is 2.57 bits per heavy atom. The van der Waals surface area contributed by atoms with Crippen molar-refractivity contribution in [3.05, 3.63) is 34.6 Å². The van der Waals surface area contributed by atoms with Crippen molar-refractivity contribution >= 4 is 29.4 Å². The zero-order valence-corrected chi connectivity index (χ0v) is 12.0. The smallest absolute Gasteiger partial charge is 0.341 e. The molecule has 1 aromatic rings. The van der Waals surface area contributed by atoms with Gasteiger partial charge >= 0.3 is 5.97 Å². The molecule has 0 fully saturated rings. The summed E-state index contributed by atoms with van der Waals surface area (Å²) in [6.45, 7) is 1.35. The Morgan fingerprint density at radius 2 is 1.95 bits per heavy atom. The Kier molecular flexibility index (Phi) is 6.61. The first-order valence-corrected chi connectivity index (χ1v) is 6.47. The van der Waals surface area contributed by atoms with Gasteiger partial charge in [-0.25, -0.2) is 9.18 Å². The SMILES string of the molecule is CCNC(=O)CNC(=O)COC(=O)c1ccc(Cl)cc1F. The van der Waals surface area contributed by atoms with Crippen LogP contribution in [0.25, 0.3) is 0 Å². The van der Waals surface area contributed by atoms with Gasteiger partial charge in [0.15, 0.2) is 6.61 Å². The third-order valence-electron chi connectivity index (χ3n) is 2.31. The summed E-state index contributed by atoms with van der Waals surface area (Å²) < 4.78 is 18.1. The Morgan fingerprint density at radius 1 is 1.24 bits per heavy atom. The third-order valence-corrected chi connectivity index (χ3v) is 2.54. The summed E-state index contributed by atoms with van der Waals surface area (Å²) in [6.07, 6.45) is 0. The number of rotatable bonds is 6. The van der Waals surface area contributed by atoms with Gasteiger partial charge in [0.2, 0.25) is 5.91 Å². The zero-order chi connectivity index (χ0) is 15.8. The van der Waals surface area contributed by atoms with Crippen LogP contribution in [0.3, 0.4) is 0 Å². The van der Waals surface area contributed by atoms with Gasteiger partial charge in [0.25, 0.3) is 5.91 Å². The Hall–Kier alpha value is -2.15. The van der Waals surface area contributed by atoms with Gasteiger partial charge in [0.1, 0.15) is 5.82 Å². The number of nitrogens with one attached hydrogen (secondary N) is 2. The molecule has 0 unspecified atom stereocenters. The van der Waals surface area contributed by atoms with E-state index in [1.54, 1.807) is 6.92 Å². The molecule has 0 spiro atoms. The number of hydrogen-bond acceptors (Lipinski definition) is 4. The number of esters is 1. The quantitative estimate of drug-likeness (QED) is 0.763. The van der Waals surface area contributed by atoms with E-state index in [1.165, 1.54) is 6.07 Å². The second kappa shape index (κ2) is 8.21. The highest BCUT2D eigenvalue weighted by atomic mass is 35.5. The number of carbonyl (C=O) groups is 3. The van der Waals surface area contributed by atoms with Crippen molar-refractivity contribution in [2.24, 2.45) is 0 Å². The standard InChI is InChI=1S/C13H14ClFN2O4/c1-2-16-11(18)6-17-12(19)7-21-13(20)9-4-3-8(14)5-10(9)15/h3-5H,2,6-7H2,1H3,(H,16,18)(H,17,19). The minimum atomic E-state index is -0.989. The van der Waals surface area contributed by atoms with Gasteiger partial charge in [-0.15, -0.1) is 0 Å². The topological polar surface area (TPSA) is 84.5 Å². The first kappa shape index (κ1) is 16.9. The van der Waals surface area contributed by atoms with E-state index in [-0.39, 0.29) is 23.0 Å². The number of amides is 2. The summed E-state index contributed by atoms with van der Waals surface area (Å²) in [7, 11) is 0. The fraction of sp³-hybridized carbons (Fsp3) is 0.308. The molecule has 1 rings (SSSR count). The molecule has 0 aromatic heterocycles. The molecule has 114 valence electrons. The number of ether oxygens (including phenoxy) is 1. The van der Waals surface area contributed by atoms with Crippen LogP contribution in [0.5, 0.6) is 0 Å². The van der Waals surface area contributed by atoms with E-state index in [4.69, 9.17) is 11.6 Å². The minimum Gasteiger partial charge on any atom is -0.452 e. The molecule has 0 aliphatic rings. The van der Waals surface area contributed by atoms with Gasteiger partial charge in [0.05, 0.1) is 12.1 Å². The molecular formula is C13H14ClFN2O4. The van der Waals surface area contributed by atoms with Crippen LogP contribution < -0.4 is 10.6 Å². The molecular weight excluding hydrogens is 303 g/mol. The summed E-state index contributed by atoms with van der Waals surface area (Å²) in [5.74, 6) is -2.85. The maximum Gasteiger partial charge on any atom is 0.341 e. The first-order valence-electron chi connectivity index (χ1n) is 6.09. The molecule has 0 bridgehead atoms. The second-order valence-corrected chi connectivity index (χ2v) is 4.37. The predicted molar refractivity (Wildman–Crippen MR) is 73.4 cm³/mol. The molecule has 0 atom stereocenters. The van der Waals surface area contributed by atoms with Gasteiger partial charge < -0.3 is 15.4 Å². The molecule has 0 saturated carbocycles. The van der Waals surface area contributed by atoms with Crippen molar-refractivity contribution in [1.29, 1.82) is 0 Å². The number of carbonyl (C=O) groups excluding carboxylic acids is 3. The summed E-state index contributed by atoms with van der Waals surface area (Å²) in [5, 5.41) is 4.88. The van der Waals surface area contributed by atoms with Crippen LogP contribution in [0.2, 0.25) is 5.02 Å². The first-order chi connectivity index (χ1) is 9.93. The third kappa shape index (κ3) is 5.78. The van der Waals surface area contributed by atoms with Crippen molar-refractivity contribution in [3.8, 4) is 0 Å². The minimum absolute atomic E-state index is 0.142. The molecule has 2 N–H and O–H groups in total. The van der Waals surface area contributed by atoms with Crippen LogP contribution in [-0.4, -0.2) is 37.5 Å². The molecule has 8 heteroatoms. The maximum atomic E-state index is 13.4. The van der Waals surface area contributed by atoms with Crippen LogP contribution in [0.4, 0.5) is 4.39 Å². The van der Waals surface area contributed by atoms with Crippen LogP contribution >= 0.6 is 11.6 Å². The highest BCUT2D eigenvalue weighted by Gasteiger charge is 2.15. The summed E-state index contributed by atoms with van der Waals surface area (Å²) in [4.78, 5) is 34.0. The van der Waals surface area contributed by atoms with Crippen molar-refractivity contribution in [2.45, 2.75) is 6.92 Å². The van der Waals surface area contributed by atoms with Crippen LogP contribution in [0, 0.1) is 5.82 Å². The normalized spacial score (nSPS) is 9.86. The molecule has 0 radical (unpaired) electrons. The average molecular weight is 317 g/mol. The molecule has 2 amide bonds. The van der Waals surface area contributed by atoms with E-state index in [1.807, 2.05) is 0 Å². The van der Waals surface area contributed by atoms with Gasteiger partial charge in [-0.3, -0.25) is 9.59 Å². The van der Waals surface area contributed by atoms with Crippen molar-refractivity contribution in [1.82, 2.24) is 10.6 Å². The van der Waals surface area contributed by atoms with Gasteiger partial charge in [-0.05, 0) is 25.1 Å². The zero-order valence-electron chi connectivity index (χ0n) is 11.2. The monoisotopic (exact) mass is 316 g/mol. The lowest BCUT2D eigenvalue weighted by atomic mass is 10.2. The Bertz CT molecular complexity index is 551. The van der Waals surface area contributed by atoms with E-state index in [0.717, 1.165) is 12.1 Å². The highest BCUT2D eigenvalue weighted by molar-refractivity contribution is 6.30. The van der Waals surface area contributed by atoms with E-state index in [2.05, 4.69) is 15.4 Å². The van der Waals surface area contributed by atoms with E-state index in [9.17, 15) is 18.8 Å². The maximum absolute atomic E-state index is 13.4. The predicted octanol–water partition coefficient (Wildman–Crippen LogP) is 0.888. The van der Waals surface area contributed by atoms with Crippen LogP contribution in [0.1, 0.15) is 17.3 Å². The summed E-state index contributed by atoms with van der Waals surface area (Å²) in [6, 6.07) is 3.45. The second-order valence-electron chi connectivity index (χ2n) is 3.93. The number of likely N-dealkylation sites (N-methyl/N-ethyl adjacent to an activating group) is 1. The molecule has 21 heavy (non-hydrogen) atoms. The Labute approximate surface area is 125 Å². The largest absolute Gasteiger partial charge is 0.452 e. The van der Waals surface area contributed by atoms with Crippen LogP contribution in [-0.2, 0) is 14.3 Å². The molecule has 0 heterocycles. The van der Waals surface area contributed by atoms with E-state index >= 15 is 0 Å². The van der Waals surface area contributed by atoms with Gasteiger partial charge in [-0.1, -0.05) is 11.6 Å². The van der Waals surface area contributed by atoms with Crippen molar-refractivity contribution in [3.63, 3.8) is 0 Å². The molecule has 0 saturated heterocycles. The summed E-state index contributed by atoms with van der Waals surface area (Å²) >= 11 is 5.55. The average Bonchev–Trinajstić information content (AvgIpc) is 2.43. The highest BCUT2D eigenvalue weighted by Crippen LogP contribution is 2.15. The fourth-order valence-electron chi connectivity index (χ4n) is 1.35. The van der Waals surface area contributed by atoms with Gasteiger partial charge in [-0.2, -0.15) is 0 Å². The molecule has 1 aromatic carbocycles. The molecule has 0 aliphatic carbocycles. The lowest BCUT2D eigenvalue weighted by molar-refractivity contribution is -0.127. The Balaban J connectivity index is 2.42. The van der Waals surface area contributed by atoms with E-state index in [0.29, 0.717) is 6.54 Å². The lowest BCUT2D eigenvalue weighted by Crippen LogP contribution is -2.38. The molecule has 0 aliphatic heterocycles. The fourth-order valence-corrected chi connectivity index (χ4v) is 1.51. The van der Waals surface area contributed by atoms with Crippen molar-refractivity contribution in [2.75, 3.05) is 19.7 Å². The molecule has 6 nitrogen and oxygen atoms in total.